The third-order valence-corrected chi connectivity index (χ3v) is 9.21. The third-order valence-electron chi connectivity index (χ3n) is 8.21. The van der Waals surface area contributed by atoms with E-state index in [4.69, 9.17) is 0 Å². The predicted octanol–water partition coefficient (Wildman–Crippen LogP) is 5.67. The lowest BCUT2D eigenvalue weighted by Gasteiger charge is -2.41. The number of aryl methyl sites for hydroxylation is 1. The Morgan fingerprint density at radius 2 is 1.69 bits per heavy atom. The molecular weight excluding hydrogens is 466 g/mol. The van der Waals surface area contributed by atoms with Crippen LogP contribution in [-0.2, 0) is 16.0 Å². The monoisotopic (exact) mass is 509 g/mol. The minimum Gasteiger partial charge on any atom is -0.341 e. The Bertz CT molecular complexity index is 1030. The maximum Gasteiger partial charge on any atom is 0.239 e. The van der Waals surface area contributed by atoms with Gasteiger partial charge in [0.15, 0.2) is 0 Å². The molecule has 2 amide bonds. The fourth-order valence-electron chi connectivity index (χ4n) is 5.97. The topological polar surface area (TPSA) is 43.9 Å². The van der Waals surface area contributed by atoms with E-state index in [0.717, 1.165) is 58.2 Å². The van der Waals surface area contributed by atoms with Gasteiger partial charge in [0.1, 0.15) is 0 Å². The van der Waals surface area contributed by atoms with Gasteiger partial charge >= 0.3 is 0 Å². The molecule has 0 radical (unpaired) electrons. The normalized spacial score (nSPS) is 20.5. The molecule has 36 heavy (non-hydrogen) atoms. The summed E-state index contributed by atoms with van der Waals surface area (Å²) in [6.07, 6.45) is 5.94. The van der Waals surface area contributed by atoms with Gasteiger partial charge in [0, 0.05) is 43.5 Å². The van der Waals surface area contributed by atoms with E-state index >= 15 is 0 Å². The van der Waals surface area contributed by atoms with E-state index in [1.165, 1.54) is 21.6 Å². The van der Waals surface area contributed by atoms with Crippen LogP contribution in [0.3, 0.4) is 0 Å². The van der Waals surface area contributed by atoms with Gasteiger partial charge in [-0.2, -0.15) is 0 Å². The molecule has 0 saturated carbocycles. The molecule has 1 aromatic heterocycles. The number of unbranched alkanes of at least 4 members (excludes halogenated alkanes) is 1. The van der Waals surface area contributed by atoms with Gasteiger partial charge in [-0.1, -0.05) is 51.0 Å². The fourth-order valence-corrected chi connectivity index (χ4v) is 6.87. The highest BCUT2D eigenvalue weighted by Gasteiger charge is 2.37. The SMILES string of the molecule is CCCC[C@H](CC)C(=O)N1CCCN(C(=O)[C@H](C)N2CCc3sccc3[C@H]2c2ccccc2C)CC1. The fraction of sp³-hybridized carbons (Fsp3) is 0.600. The van der Waals surface area contributed by atoms with Crippen molar-refractivity contribution in [3.63, 3.8) is 0 Å². The van der Waals surface area contributed by atoms with Gasteiger partial charge in [-0.15, -0.1) is 11.3 Å². The van der Waals surface area contributed by atoms with Crippen LogP contribution in [0.1, 0.15) is 80.5 Å². The second kappa shape index (κ2) is 12.4. The number of carbonyl (C=O) groups excluding carboxylic acids is 2. The summed E-state index contributed by atoms with van der Waals surface area (Å²) >= 11 is 1.83. The van der Waals surface area contributed by atoms with Crippen LogP contribution < -0.4 is 0 Å². The molecule has 3 atom stereocenters. The minimum absolute atomic E-state index is 0.106. The molecular formula is C30H43N3O2S. The van der Waals surface area contributed by atoms with Crippen molar-refractivity contribution in [1.29, 1.82) is 0 Å². The van der Waals surface area contributed by atoms with Crippen LogP contribution in [-0.4, -0.2) is 65.3 Å². The Labute approximate surface area is 221 Å². The zero-order valence-corrected chi connectivity index (χ0v) is 23.4. The maximum absolute atomic E-state index is 13.9. The van der Waals surface area contributed by atoms with Gasteiger partial charge in [0.05, 0.1) is 12.1 Å². The molecule has 4 rings (SSSR count). The molecule has 0 bridgehead atoms. The molecule has 1 fully saturated rings. The Kier molecular flexibility index (Phi) is 9.24. The van der Waals surface area contributed by atoms with Crippen molar-refractivity contribution < 1.29 is 9.59 Å². The third kappa shape index (κ3) is 5.70. The lowest BCUT2D eigenvalue weighted by molar-refractivity contribution is -0.139. The average Bonchev–Trinajstić information content (AvgIpc) is 3.24. The van der Waals surface area contributed by atoms with E-state index in [-0.39, 0.29) is 29.8 Å². The smallest absolute Gasteiger partial charge is 0.239 e. The summed E-state index contributed by atoms with van der Waals surface area (Å²) in [5, 5.41) is 2.19. The Morgan fingerprint density at radius 1 is 0.972 bits per heavy atom. The summed E-state index contributed by atoms with van der Waals surface area (Å²) in [4.78, 5) is 34.9. The molecule has 1 aromatic carbocycles. The van der Waals surface area contributed by atoms with Crippen molar-refractivity contribution in [2.75, 3.05) is 32.7 Å². The summed E-state index contributed by atoms with van der Waals surface area (Å²) in [6.45, 7) is 12.2. The van der Waals surface area contributed by atoms with Crippen molar-refractivity contribution in [2.45, 2.75) is 78.3 Å². The van der Waals surface area contributed by atoms with E-state index in [2.05, 4.69) is 68.3 Å². The van der Waals surface area contributed by atoms with Crippen LogP contribution in [0, 0.1) is 12.8 Å². The van der Waals surface area contributed by atoms with Crippen molar-refractivity contribution in [2.24, 2.45) is 5.92 Å². The largest absolute Gasteiger partial charge is 0.341 e. The summed E-state index contributed by atoms with van der Waals surface area (Å²) < 4.78 is 0. The lowest BCUT2D eigenvalue weighted by Crippen LogP contribution is -2.51. The van der Waals surface area contributed by atoms with Crippen LogP contribution in [0.4, 0.5) is 0 Å². The number of nitrogens with zero attached hydrogens (tertiary/aromatic N) is 3. The first-order valence-electron chi connectivity index (χ1n) is 13.9. The van der Waals surface area contributed by atoms with E-state index in [1.807, 2.05) is 21.1 Å². The van der Waals surface area contributed by atoms with Crippen molar-refractivity contribution in [1.82, 2.24) is 14.7 Å². The number of carbonyl (C=O) groups is 2. The molecule has 196 valence electrons. The van der Waals surface area contributed by atoms with Crippen LogP contribution in [0.25, 0.3) is 0 Å². The van der Waals surface area contributed by atoms with Crippen molar-refractivity contribution in [3.05, 3.63) is 57.3 Å². The van der Waals surface area contributed by atoms with Gasteiger partial charge < -0.3 is 9.80 Å². The summed E-state index contributed by atoms with van der Waals surface area (Å²) in [5.41, 5.74) is 3.91. The highest BCUT2D eigenvalue weighted by molar-refractivity contribution is 7.10. The lowest BCUT2D eigenvalue weighted by atomic mass is 9.89. The second-order valence-electron chi connectivity index (χ2n) is 10.5. The highest BCUT2D eigenvalue weighted by atomic mass is 32.1. The van der Waals surface area contributed by atoms with E-state index in [0.29, 0.717) is 13.1 Å². The Hall–Kier alpha value is -2.18. The number of hydrogen-bond donors (Lipinski definition) is 0. The van der Waals surface area contributed by atoms with Crippen LogP contribution in [0.2, 0.25) is 0 Å². The Morgan fingerprint density at radius 3 is 2.39 bits per heavy atom. The molecule has 2 aromatic rings. The molecule has 0 unspecified atom stereocenters. The predicted molar refractivity (Wildman–Crippen MR) is 148 cm³/mol. The molecule has 2 aliphatic heterocycles. The first-order valence-corrected chi connectivity index (χ1v) is 14.8. The van der Waals surface area contributed by atoms with Crippen LogP contribution in [0.5, 0.6) is 0 Å². The zero-order chi connectivity index (χ0) is 25.7. The first kappa shape index (κ1) is 26.9. The first-order chi connectivity index (χ1) is 17.5. The van der Waals surface area contributed by atoms with Gasteiger partial charge in [-0.3, -0.25) is 14.5 Å². The summed E-state index contributed by atoms with van der Waals surface area (Å²) in [5.74, 6) is 0.600. The van der Waals surface area contributed by atoms with Gasteiger partial charge in [-0.05, 0) is 67.7 Å². The second-order valence-corrected chi connectivity index (χ2v) is 11.5. The summed E-state index contributed by atoms with van der Waals surface area (Å²) in [6, 6.07) is 10.7. The molecule has 6 heteroatoms. The molecule has 0 N–H and O–H groups in total. The number of hydrogen-bond acceptors (Lipinski definition) is 4. The minimum atomic E-state index is -0.210. The van der Waals surface area contributed by atoms with E-state index < -0.39 is 0 Å². The van der Waals surface area contributed by atoms with E-state index in [9.17, 15) is 9.59 Å². The number of thiophene rings is 1. The van der Waals surface area contributed by atoms with Crippen LogP contribution in [0.15, 0.2) is 35.7 Å². The Balaban J connectivity index is 1.47. The van der Waals surface area contributed by atoms with Gasteiger partial charge in [-0.25, -0.2) is 0 Å². The van der Waals surface area contributed by atoms with Crippen molar-refractivity contribution in [3.8, 4) is 0 Å². The van der Waals surface area contributed by atoms with Crippen LogP contribution >= 0.6 is 11.3 Å². The highest BCUT2D eigenvalue weighted by Crippen LogP contribution is 2.40. The van der Waals surface area contributed by atoms with Gasteiger partial charge in [0.25, 0.3) is 0 Å². The maximum atomic E-state index is 13.9. The molecule has 0 spiro atoms. The number of rotatable bonds is 8. The number of amides is 2. The molecule has 2 aliphatic rings. The zero-order valence-electron chi connectivity index (χ0n) is 22.5. The van der Waals surface area contributed by atoms with Crippen molar-refractivity contribution >= 4 is 23.2 Å². The van der Waals surface area contributed by atoms with E-state index in [1.54, 1.807) is 0 Å². The molecule has 1 saturated heterocycles. The molecule has 5 nitrogen and oxygen atoms in total. The average molecular weight is 510 g/mol. The molecule has 3 heterocycles. The molecule has 0 aliphatic carbocycles. The summed E-state index contributed by atoms with van der Waals surface area (Å²) in [7, 11) is 0. The number of benzene rings is 1. The van der Waals surface area contributed by atoms with Gasteiger partial charge in [0.2, 0.25) is 11.8 Å². The standard InChI is InChI=1S/C30H43N3O2S/c1-5-7-12-24(6-2)30(35)32-17-10-16-31(19-20-32)29(34)23(4)33-18-14-27-26(15-21-36-27)28(33)25-13-9-8-11-22(25)3/h8-9,11,13,15,21,23-24,28H,5-7,10,12,14,16-20H2,1-4H3/t23-,24-,28+/m0/s1. The number of fused-ring (bicyclic) bond motifs is 1. The quantitative estimate of drug-likeness (QED) is 0.461.